The molecule has 0 atom stereocenters. The molecule has 0 radical (unpaired) electrons. The van der Waals surface area contributed by atoms with Gasteiger partial charge in [-0.3, -0.25) is 4.79 Å². The predicted octanol–water partition coefficient (Wildman–Crippen LogP) is 10.8. The summed E-state index contributed by atoms with van der Waals surface area (Å²) in [5, 5.41) is 8.63. The lowest BCUT2D eigenvalue weighted by molar-refractivity contribution is 0.660. The minimum Gasteiger partial charge on any atom is -0.456 e. The van der Waals surface area contributed by atoms with Gasteiger partial charge in [0.25, 0.3) is 0 Å². The minimum absolute atomic E-state index is 0.0150. The molecule has 3 nitrogen and oxygen atoms in total. The highest BCUT2D eigenvalue weighted by Gasteiger charge is 2.19. The Balaban J connectivity index is 1.32. The highest BCUT2D eigenvalue weighted by Crippen LogP contribution is 2.44. The van der Waals surface area contributed by atoms with E-state index < -0.39 is 0 Å². The van der Waals surface area contributed by atoms with Gasteiger partial charge in [0.05, 0.1) is 32.2 Å². The van der Waals surface area contributed by atoms with E-state index in [0.717, 1.165) is 15.8 Å². The van der Waals surface area contributed by atoms with Crippen LogP contribution in [-0.2, 0) is 0 Å². The first-order valence-electron chi connectivity index (χ1n) is 13.9. The van der Waals surface area contributed by atoms with Gasteiger partial charge in [0.1, 0.15) is 11.2 Å². The molecule has 42 heavy (non-hydrogen) atoms. The van der Waals surface area contributed by atoms with Gasteiger partial charge in [0.15, 0.2) is 0 Å². The molecule has 10 aromatic rings. The van der Waals surface area contributed by atoms with Gasteiger partial charge in [-0.2, -0.15) is 0 Å². The third kappa shape index (κ3) is 2.91. The van der Waals surface area contributed by atoms with Crippen molar-refractivity contribution in [2.24, 2.45) is 0 Å². The molecule has 0 unspecified atom stereocenters. The van der Waals surface area contributed by atoms with Gasteiger partial charge in [-0.1, -0.05) is 60.7 Å². The maximum atomic E-state index is 13.4. The summed E-state index contributed by atoms with van der Waals surface area (Å²) in [6.45, 7) is 0. The second kappa shape index (κ2) is 8.07. The van der Waals surface area contributed by atoms with Gasteiger partial charge >= 0.3 is 0 Å². The second-order valence-electron chi connectivity index (χ2n) is 10.8. The number of thiophene rings is 2. The molecule has 0 fully saturated rings. The van der Waals surface area contributed by atoms with E-state index >= 15 is 0 Å². The molecule has 5 heteroatoms. The Morgan fingerprint density at radius 3 is 2.14 bits per heavy atom. The SMILES string of the molecule is O=c1c2ccccc2oc2cc3c(cc12)sc1c(-n2c4ccccc4c4cc5c(cc42)sc2ccccc25)cccc13. The topological polar surface area (TPSA) is 35.1 Å². The number of fused-ring (bicyclic) bond motifs is 11. The monoisotopic (exact) mass is 573 g/mol. The number of benzene rings is 6. The number of hydrogen-bond donors (Lipinski definition) is 0. The summed E-state index contributed by atoms with van der Waals surface area (Å²) in [5.41, 5.74) is 4.80. The van der Waals surface area contributed by atoms with Crippen LogP contribution < -0.4 is 5.43 Å². The lowest BCUT2D eigenvalue weighted by Gasteiger charge is -2.09. The van der Waals surface area contributed by atoms with Gasteiger partial charge < -0.3 is 8.98 Å². The van der Waals surface area contributed by atoms with Crippen LogP contribution in [0.15, 0.2) is 124 Å². The van der Waals surface area contributed by atoms with Crippen LogP contribution in [0.4, 0.5) is 0 Å². The molecule has 4 aromatic heterocycles. The Morgan fingerprint density at radius 1 is 0.476 bits per heavy atom. The molecule has 196 valence electrons. The minimum atomic E-state index is 0.0150. The largest absolute Gasteiger partial charge is 0.456 e. The van der Waals surface area contributed by atoms with E-state index in [2.05, 4.69) is 83.4 Å². The smallest absolute Gasteiger partial charge is 0.200 e. The Hall–Kier alpha value is -4.97. The summed E-state index contributed by atoms with van der Waals surface area (Å²) in [7, 11) is 0. The van der Waals surface area contributed by atoms with E-state index in [1.54, 1.807) is 11.3 Å². The van der Waals surface area contributed by atoms with E-state index in [-0.39, 0.29) is 5.43 Å². The van der Waals surface area contributed by atoms with Gasteiger partial charge in [0, 0.05) is 46.4 Å². The summed E-state index contributed by atoms with van der Waals surface area (Å²) in [4.78, 5) is 13.4. The molecule has 0 spiro atoms. The third-order valence-corrected chi connectivity index (χ3v) is 10.9. The quantitative estimate of drug-likeness (QED) is 0.183. The van der Waals surface area contributed by atoms with Crippen LogP contribution in [0, 0.1) is 0 Å². The van der Waals surface area contributed by atoms with E-state index in [9.17, 15) is 4.79 Å². The summed E-state index contributed by atoms with van der Waals surface area (Å²) in [6, 6.07) is 40.2. The fraction of sp³-hybridized carbons (Fsp3) is 0. The van der Waals surface area contributed by atoms with E-state index in [1.807, 2.05) is 47.7 Å². The molecular weight excluding hydrogens is 555 g/mol. The fourth-order valence-corrected chi connectivity index (χ4v) is 9.05. The zero-order chi connectivity index (χ0) is 27.5. The van der Waals surface area contributed by atoms with Crippen molar-refractivity contribution in [2.45, 2.75) is 0 Å². The molecule has 0 aliphatic heterocycles. The third-order valence-electron chi connectivity index (χ3n) is 8.59. The van der Waals surface area contributed by atoms with Gasteiger partial charge in [-0.05, 0) is 54.6 Å². The predicted molar refractivity (Wildman–Crippen MR) is 180 cm³/mol. The van der Waals surface area contributed by atoms with Gasteiger partial charge in [-0.25, -0.2) is 0 Å². The average molecular weight is 574 g/mol. The number of nitrogens with zero attached hydrogens (tertiary/aromatic N) is 1. The van der Waals surface area contributed by atoms with Crippen LogP contribution >= 0.6 is 22.7 Å². The van der Waals surface area contributed by atoms with Crippen molar-refractivity contribution in [3.63, 3.8) is 0 Å². The van der Waals surface area contributed by atoms with Crippen LogP contribution in [-0.4, -0.2) is 4.57 Å². The number of para-hydroxylation sites is 2. The Kier molecular flexibility index (Phi) is 4.36. The summed E-state index contributed by atoms with van der Waals surface area (Å²) in [5.74, 6) is 0. The summed E-state index contributed by atoms with van der Waals surface area (Å²) < 4.78 is 13.5. The lowest BCUT2D eigenvalue weighted by Crippen LogP contribution is -2.01. The number of rotatable bonds is 1. The van der Waals surface area contributed by atoms with Crippen LogP contribution in [0.2, 0.25) is 0 Å². The average Bonchev–Trinajstić information content (AvgIpc) is 3.68. The molecule has 0 aliphatic carbocycles. The molecular formula is C37H19NO2S2. The van der Waals surface area contributed by atoms with Crippen molar-refractivity contribution in [3.05, 3.63) is 125 Å². The van der Waals surface area contributed by atoms with Crippen molar-refractivity contribution in [1.82, 2.24) is 4.57 Å². The molecule has 0 saturated carbocycles. The molecule has 0 amide bonds. The Morgan fingerprint density at radius 2 is 1.21 bits per heavy atom. The zero-order valence-electron chi connectivity index (χ0n) is 22.0. The van der Waals surface area contributed by atoms with Gasteiger partial charge in [0.2, 0.25) is 5.43 Å². The van der Waals surface area contributed by atoms with Crippen LogP contribution in [0.25, 0.3) is 89.8 Å². The number of aromatic nitrogens is 1. The van der Waals surface area contributed by atoms with Crippen molar-refractivity contribution < 1.29 is 4.42 Å². The molecule has 6 aromatic carbocycles. The van der Waals surface area contributed by atoms with Gasteiger partial charge in [-0.15, -0.1) is 22.7 Å². The van der Waals surface area contributed by atoms with Crippen molar-refractivity contribution in [3.8, 4) is 5.69 Å². The molecule has 0 aliphatic rings. The van der Waals surface area contributed by atoms with Crippen molar-refractivity contribution in [1.29, 1.82) is 0 Å². The maximum absolute atomic E-state index is 13.4. The lowest BCUT2D eigenvalue weighted by atomic mass is 10.1. The van der Waals surface area contributed by atoms with Crippen LogP contribution in [0.3, 0.4) is 0 Å². The molecule has 0 saturated heterocycles. The van der Waals surface area contributed by atoms with Crippen molar-refractivity contribution in [2.75, 3.05) is 0 Å². The van der Waals surface area contributed by atoms with Crippen LogP contribution in [0.5, 0.6) is 0 Å². The normalized spacial score (nSPS) is 12.4. The first-order valence-corrected chi connectivity index (χ1v) is 15.5. The van der Waals surface area contributed by atoms with E-state index in [4.69, 9.17) is 4.42 Å². The standard InChI is InChI=1S/C37H19NO2S2/c39-36-23-10-2-5-14-31(23)40-32-17-26-22-11-7-13-29(37(22)42-34(26)18-27(32)36)38-28-12-4-1-8-20(28)24-16-25-21-9-3-6-15-33(21)41-35(25)19-30(24)38/h1-19H. The highest BCUT2D eigenvalue weighted by molar-refractivity contribution is 7.26. The summed E-state index contributed by atoms with van der Waals surface area (Å²) >= 11 is 3.59. The van der Waals surface area contributed by atoms with Crippen molar-refractivity contribution >= 4 is 107 Å². The first-order chi connectivity index (χ1) is 20.7. The van der Waals surface area contributed by atoms with E-state index in [1.165, 1.54) is 52.1 Å². The summed E-state index contributed by atoms with van der Waals surface area (Å²) in [6.07, 6.45) is 0. The van der Waals surface area contributed by atoms with Crippen LogP contribution in [0.1, 0.15) is 0 Å². The van der Waals surface area contributed by atoms with E-state index in [0.29, 0.717) is 21.9 Å². The molecule has 10 rings (SSSR count). The number of hydrogen-bond acceptors (Lipinski definition) is 4. The molecule has 4 heterocycles. The Bertz CT molecular complexity index is 2830. The molecule has 0 bridgehead atoms. The fourth-order valence-electron chi connectivity index (χ4n) is 6.70. The first kappa shape index (κ1) is 22.7. The highest BCUT2D eigenvalue weighted by atomic mass is 32.1. The Labute approximate surface area is 246 Å². The maximum Gasteiger partial charge on any atom is 0.200 e. The zero-order valence-corrected chi connectivity index (χ0v) is 23.7. The molecule has 0 N–H and O–H groups in total. The second-order valence-corrected chi connectivity index (χ2v) is 13.0.